The lowest BCUT2D eigenvalue weighted by Crippen LogP contribution is -2.47. The van der Waals surface area contributed by atoms with Gasteiger partial charge in [-0.2, -0.15) is 0 Å². The van der Waals surface area contributed by atoms with Crippen LogP contribution >= 0.6 is 0 Å². The molecule has 0 saturated carbocycles. The van der Waals surface area contributed by atoms with Crippen LogP contribution in [0.1, 0.15) is 0 Å². The van der Waals surface area contributed by atoms with E-state index in [9.17, 15) is 0 Å². The molecule has 0 radical (unpaired) electrons. The molecule has 1 aliphatic heterocycles. The Labute approximate surface area is 50.0 Å². The molecule has 1 rings (SSSR count). The minimum absolute atomic E-state index is 0.948. The molecular formula is C5H12N3-. The van der Waals surface area contributed by atoms with Crippen LogP contribution < -0.4 is 5.84 Å². The molecule has 3 heteroatoms. The quantitative estimate of drug-likeness (QED) is 0.333. The zero-order valence-electron chi connectivity index (χ0n) is 5.01. The van der Waals surface area contributed by atoms with Crippen molar-refractivity contribution in [1.82, 2.24) is 9.91 Å². The lowest BCUT2D eigenvalue weighted by molar-refractivity contribution is 0.169. The first-order valence-electron chi connectivity index (χ1n) is 2.84. The highest BCUT2D eigenvalue weighted by molar-refractivity contribution is 4.65. The maximum atomic E-state index is 5.48. The van der Waals surface area contributed by atoms with E-state index in [0.717, 1.165) is 26.2 Å². The van der Waals surface area contributed by atoms with Crippen LogP contribution in [0.25, 0.3) is 0 Å². The Morgan fingerprint density at radius 2 is 1.62 bits per heavy atom. The van der Waals surface area contributed by atoms with Gasteiger partial charge in [0.05, 0.1) is 0 Å². The molecule has 0 unspecified atom stereocenters. The van der Waals surface area contributed by atoms with E-state index in [1.807, 2.05) is 9.91 Å². The van der Waals surface area contributed by atoms with E-state index >= 15 is 0 Å². The van der Waals surface area contributed by atoms with Gasteiger partial charge in [0.2, 0.25) is 0 Å². The number of hydrazine groups is 1. The van der Waals surface area contributed by atoms with E-state index < -0.39 is 0 Å². The smallest absolute Gasteiger partial charge is 0.0232 e. The van der Waals surface area contributed by atoms with E-state index in [0.29, 0.717) is 0 Å². The Morgan fingerprint density at radius 3 is 2.00 bits per heavy atom. The number of nitrogens with zero attached hydrogens (tertiary/aromatic N) is 2. The molecule has 0 aliphatic carbocycles. The Hall–Kier alpha value is -0.120. The summed E-state index contributed by atoms with van der Waals surface area (Å²) in [5, 5.41) is 1.82. The van der Waals surface area contributed by atoms with Gasteiger partial charge in [0.1, 0.15) is 0 Å². The van der Waals surface area contributed by atoms with Crippen LogP contribution in [0.15, 0.2) is 0 Å². The highest BCUT2D eigenvalue weighted by Gasteiger charge is 2.04. The van der Waals surface area contributed by atoms with Gasteiger partial charge in [-0.3, -0.25) is 12.9 Å². The minimum atomic E-state index is 0.948. The van der Waals surface area contributed by atoms with Gasteiger partial charge in [-0.1, -0.05) is 0 Å². The van der Waals surface area contributed by atoms with Crippen LogP contribution in [-0.4, -0.2) is 36.1 Å². The van der Waals surface area contributed by atoms with Gasteiger partial charge in [-0.25, -0.2) is 5.01 Å². The number of hydrogen-bond donors (Lipinski definition) is 1. The topological polar surface area (TPSA) is 32.5 Å². The van der Waals surface area contributed by atoms with Gasteiger partial charge < -0.3 is 4.90 Å². The van der Waals surface area contributed by atoms with Crippen molar-refractivity contribution in [1.29, 1.82) is 0 Å². The number of piperazine rings is 1. The first kappa shape index (κ1) is 6.01. The van der Waals surface area contributed by atoms with Crippen molar-refractivity contribution in [3.05, 3.63) is 7.05 Å². The second-order valence-corrected chi connectivity index (χ2v) is 2.15. The summed E-state index contributed by atoms with van der Waals surface area (Å²) in [6.07, 6.45) is 0. The molecule has 0 aromatic heterocycles. The van der Waals surface area contributed by atoms with E-state index in [1.54, 1.807) is 0 Å². The number of nitrogens with two attached hydrogens (primary N) is 1. The van der Waals surface area contributed by atoms with Crippen LogP contribution in [0.3, 0.4) is 0 Å². The Bertz CT molecular complexity index is 56.1. The monoisotopic (exact) mass is 114 g/mol. The van der Waals surface area contributed by atoms with Crippen molar-refractivity contribution in [3.63, 3.8) is 0 Å². The van der Waals surface area contributed by atoms with Crippen molar-refractivity contribution in [3.8, 4) is 0 Å². The molecule has 0 amide bonds. The van der Waals surface area contributed by atoms with Gasteiger partial charge >= 0.3 is 0 Å². The predicted molar refractivity (Wildman–Crippen MR) is 32.7 cm³/mol. The fourth-order valence-corrected chi connectivity index (χ4v) is 0.763. The first-order chi connectivity index (χ1) is 3.79. The van der Waals surface area contributed by atoms with Crippen LogP contribution in [0.2, 0.25) is 0 Å². The lowest BCUT2D eigenvalue weighted by atomic mass is 10.4. The summed E-state index contributed by atoms with van der Waals surface area (Å²) < 4.78 is 0. The molecule has 1 saturated heterocycles. The number of rotatable bonds is 0. The Morgan fingerprint density at radius 1 is 1.12 bits per heavy atom. The largest absolute Gasteiger partial charge is 0.457 e. The molecule has 1 fully saturated rings. The van der Waals surface area contributed by atoms with Crippen molar-refractivity contribution in [2.45, 2.75) is 0 Å². The maximum absolute atomic E-state index is 5.48. The molecule has 2 N–H and O–H groups in total. The molecule has 0 spiro atoms. The van der Waals surface area contributed by atoms with Crippen LogP contribution in [-0.2, 0) is 0 Å². The standard InChI is InChI=1S/C5H12N3/c1-7-2-4-8(6)5-3-7/h1-6H2/q-1. The van der Waals surface area contributed by atoms with E-state index in [1.165, 1.54) is 0 Å². The van der Waals surface area contributed by atoms with Crippen molar-refractivity contribution >= 4 is 0 Å². The molecule has 0 atom stereocenters. The minimum Gasteiger partial charge on any atom is -0.457 e. The first-order valence-corrected chi connectivity index (χ1v) is 2.84. The third kappa shape index (κ3) is 1.43. The molecule has 48 valence electrons. The maximum Gasteiger partial charge on any atom is 0.0232 e. The third-order valence-corrected chi connectivity index (χ3v) is 1.41. The van der Waals surface area contributed by atoms with E-state index in [2.05, 4.69) is 7.05 Å². The summed E-state index contributed by atoms with van der Waals surface area (Å²) in [5.74, 6) is 5.48. The molecule has 0 aromatic rings. The summed E-state index contributed by atoms with van der Waals surface area (Å²) in [6, 6.07) is 0. The highest BCUT2D eigenvalue weighted by Crippen LogP contribution is 1.92. The second kappa shape index (κ2) is 2.44. The predicted octanol–water partition coefficient (Wildman–Crippen LogP) is -0.731. The van der Waals surface area contributed by atoms with Crippen molar-refractivity contribution in [2.24, 2.45) is 5.84 Å². The Kier molecular flexibility index (Phi) is 1.83. The summed E-state index contributed by atoms with van der Waals surface area (Å²) in [7, 11) is 3.78. The Balaban J connectivity index is 2.19. The van der Waals surface area contributed by atoms with Gasteiger partial charge in [0.15, 0.2) is 0 Å². The zero-order chi connectivity index (χ0) is 5.98. The van der Waals surface area contributed by atoms with Crippen molar-refractivity contribution in [2.75, 3.05) is 26.2 Å². The lowest BCUT2D eigenvalue weighted by Gasteiger charge is -2.34. The fourth-order valence-electron chi connectivity index (χ4n) is 0.763. The molecular weight excluding hydrogens is 102 g/mol. The number of hydrogen-bond acceptors (Lipinski definition) is 3. The van der Waals surface area contributed by atoms with Crippen molar-refractivity contribution < 1.29 is 0 Å². The normalized spacial score (nSPS) is 26.2. The molecule has 3 nitrogen and oxygen atoms in total. The van der Waals surface area contributed by atoms with Gasteiger partial charge in [0, 0.05) is 13.1 Å². The molecule has 1 aliphatic rings. The van der Waals surface area contributed by atoms with Crippen LogP contribution in [0, 0.1) is 7.05 Å². The SMILES string of the molecule is [CH2-]N1CCN(N)CC1. The average molecular weight is 114 g/mol. The summed E-state index contributed by atoms with van der Waals surface area (Å²) in [6.45, 7) is 3.89. The molecule has 8 heavy (non-hydrogen) atoms. The van der Waals surface area contributed by atoms with Gasteiger partial charge in [-0.05, 0) is 13.1 Å². The van der Waals surface area contributed by atoms with Gasteiger partial charge in [-0.15, -0.1) is 0 Å². The van der Waals surface area contributed by atoms with E-state index in [4.69, 9.17) is 5.84 Å². The summed E-state index contributed by atoms with van der Waals surface area (Å²) in [5.41, 5.74) is 0. The molecule has 0 bridgehead atoms. The zero-order valence-corrected chi connectivity index (χ0v) is 5.01. The summed E-state index contributed by atoms with van der Waals surface area (Å²) >= 11 is 0. The fraction of sp³-hybridized carbons (Fsp3) is 0.800. The molecule has 0 aromatic carbocycles. The third-order valence-electron chi connectivity index (χ3n) is 1.41. The second-order valence-electron chi connectivity index (χ2n) is 2.15. The highest BCUT2D eigenvalue weighted by atomic mass is 15.4. The van der Waals surface area contributed by atoms with Crippen LogP contribution in [0.5, 0.6) is 0 Å². The molecule has 1 heterocycles. The summed E-state index contributed by atoms with van der Waals surface area (Å²) in [4.78, 5) is 2.03. The van der Waals surface area contributed by atoms with E-state index in [-0.39, 0.29) is 0 Å². The van der Waals surface area contributed by atoms with Crippen LogP contribution in [0.4, 0.5) is 0 Å². The van der Waals surface area contributed by atoms with Gasteiger partial charge in [0.25, 0.3) is 0 Å². The average Bonchev–Trinajstić information content (AvgIpc) is 1.77.